The molecule has 5 nitrogen and oxygen atoms in total. The summed E-state index contributed by atoms with van der Waals surface area (Å²) < 4.78 is 0. The molecule has 2 heterocycles. The topological polar surface area (TPSA) is 94.9 Å². The predicted octanol–water partition coefficient (Wildman–Crippen LogP) is 0.810. The van der Waals surface area contributed by atoms with Gasteiger partial charge in [-0.05, 0) is 11.4 Å². The Hall–Kier alpha value is -1.95. The molecule has 6 heteroatoms. The fourth-order valence-corrected chi connectivity index (χ4v) is 1.98. The van der Waals surface area contributed by atoms with Crippen molar-refractivity contribution >= 4 is 23.1 Å². The molecule has 2 aromatic heterocycles. The summed E-state index contributed by atoms with van der Waals surface area (Å²) in [6.07, 6.45) is 1.98. The molecular formula is C10H10N4OS. The van der Waals surface area contributed by atoms with Gasteiger partial charge in [-0.2, -0.15) is 0 Å². The van der Waals surface area contributed by atoms with Gasteiger partial charge >= 0.3 is 0 Å². The number of primary amides is 1. The van der Waals surface area contributed by atoms with Crippen LogP contribution in [0.15, 0.2) is 23.7 Å². The van der Waals surface area contributed by atoms with Crippen LogP contribution in [0, 0.1) is 0 Å². The molecule has 2 rings (SSSR count). The van der Waals surface area contributed by atoms with Crippen LogP contribution in [0.5, 0.6) is 0 Å². The Balaban J connectivity index is 2.24. The van der Waals surface area contributed by atoms with Gasteiger partial charge in [0.1, 0.15) is 11.6 Å². The number of aromatic nitrogens is 2. The Bertz CT molecular complexity index is 510. The first kappa shape index (κ1) is 10.6. The van der Waals surface area contributed by atoms with Gasteiger partial charge in [0, 0.05) is 17.5 Å². The van der Waals surface area contributed by atoms with Crippen molar-refractivity contribution in [2.45, 2.75) is 6.42 Å². The standard InChI is InChI=1S/C10H10N4OS/c11-9-7(10(12)15)5-13-8(14-9)4-6-2-1-3-16-6/h1-3,5H,4H2,(H2,12,15)(H2,11,13,14). The van der Waals surface area contributed by atoms with E-state index >= 15 is 0 Å². The molecule has 0 fully saturated rings. The number of hydrogen-bond acceptors (Lipinski definition) is 5. The molecule has 0 saturated heterocycles. The Morgan fingerprint density at radius 3 is 2.88 bits per heavy atom. The number of carbonyl (C=O) groups is 1. The van der Waals surface area contributed by atoms with Crippen molar-refractivity contribution in [1.82, 2.24) is 9.97 Å². The molecule has 16 heavy (non-hydrogen) atoms. The Morgan fingerprint density at radius 1 is 1.50 bits per heavy atom. The van der Waals surface area contributed by atoms with Gasteiger partial charge in [0.2, 0.25) is 0 Å². The molecule has 0 aliphatic heterocycles. The number of carbonyl (C=O) groups excluding carboxylic acids is 1. The fraction of sp³-hybridized carbons (Fsp3) is 0.100. The van der Waals surface area contributed by atoms with E-state index in [0.29, 0.717) is 12.2 Å². The van der Waals surface area contributed by atoms with Gasteiger partial charge in [0.05, 0.1) is 5.56 Å². The summed E-state index contributed by atoms with van der Waals surface area (Å²) in [5.41, 5.74) is 10.9. The van der Waals surface area contributed by atoms with Gasteiger partial charge in [-0.25, -0.2) is 9.97 Å². The van der Waals surface area contributed by atoms with Gasteiger partial charge < -0.3 is 11.5 Å². The highest BCUT2D eigenvalue weighted by Gasteiger charge is 2.09. The van der Waals surface area contributed by atoms with E-state index in [4.69, 9.17) is 11.5 Å². The maximum absolute atomic E-state index is 10.9. The molecule has 1 amide bonds. The van der Waals surface area contributed by atoms with Crippen LogP contribution >= 0.6 is 11.3 Å². The minimum Gasteiger partial charge on any atom is -0.383 e. The second-order valence-corrected chi connectivity index (χ2v) is 4.24. The third-order valence-electron chi connectivity index (χ3n) is 2.05. The molecule has 0 aliphatic carbocycles. The van der Waals surface area contributed by atoms with E-state index < -0.39 is 5.91 Å². The number of thiophene rings is 1. The van der Waals surface area contributed by atoms with Gasteiger partial charge in [0.25, 0.3) is 5.91 Å². The maximum atomic E-state index is 10.9. The lowest BCUT2D eigenvalue weighted by Crippen LogP contribution is -2.16. The highest BCUT2D eigenvalue weighted by molar-refractivity contribution is 7.09. The van der Waals surface area contributed by atoms with E-state index in [1.165, 1.54) is 6.20 Å². The van der Waals surface area contributed by atoms with Gasteiger partial charge in [-0.1, -0.05) is 6.07 Å². The first-order valence-electron chi connectivity index (χ1n) is 4.60. The highest BCUT2D eigenvalue weighted by atomic mass is 32.1. The third-order valence-corrected chi connectivity index (χ3v) is 2.92. The zero-order valence-corrected chi connectivity index (χ0v) is 9.20. The van der Waals surface area contributed by atoms with E-state index in [0.717, 1.165) is 4.88 Å². The molecule has 0 spiro atoms. The van der Waals surface area contributed by atoms with Crippen molar-refractivity contribution < 1.29 is 4.79 Å². The van der Waals surface area contributed by atoms with Gasteiger partial charge in [-0.15, -0.1) is 11.3 Å². The van der Waals surface area contributed by atoms with Crippen molar-refractivity contribution in [2.75, 3.05) is 5.73 Å². The Kier molecular flexibility index (Phi) is 2.82. The number of rotatable bonds is 3. The molecule has 0 aliphatic rings. The molecule has 82 valence electrons. The number of amides is 1. The van der Waals surface area contributed by atoms with E-state index in [2.05, 4.69) is 9.97 Å². The van der Waals surface area contributed by atoms with Crippen LogP contribution in [0.25, 0.3) is 0 Å². The number of nitrogen functional groups attached to an aromatic ring is 1. The van der Waals surface area contributed by atoms with Gasteiger partial charge in [0.15, 0.2) is 0 Å². The van der Waals surface area contributed by atoms with Crippen LogP contribution in [0.1, 0.15) is 21.1 Å². The smallest absolute Gasteiger partial charge is 0.254 e. The molecule has 0 unspecified atom stereocenters. The number of nitrogens with two attached hydrogens (primary N) is 2. The Labute approximate surface area is 96.1 Å². The lowest BCUT2D eigenvalue weighted by molar-refractivity contribution is 0.100. The molecule has 0 aromatic carbocycles. The number of anilines is 1. The minimum absolute atomic E-state index is 0.133. The SMILES string of the molecule is NC(=O)c1cnc(Cc2cccs2)nc1N. The number of nitrogens with zero attached hydrogens (tertiary/aromatic N) is 2. The lowest BCUT2D eigenvalue weighted by atomic mass is 10.2. The van der Waals surface area contributed by atoms with Crippen LogP contribution < -0.4 is 11.5 Å². The van der Waals surface area contributed by atoms with Crippen LogP contribution in [-0.4, -0.2) is 15.9 Å². The second kappa shape index (κ2) is 4.28. The Morgan fingerprint density at radius 2 is 2.31 bits per heavy atom. The average molecular weight is 234 g/mol. The summed E-state index contributed by atoms with van der Waals surface area (Å²) in [6, 6.07) is 3.95. The predicted molar refractivity (Wildman–Crippen MR) is 62.1 cm³/mol. The molecule has 0 radical (unpaired) electrons. The monoisotopic (exact) mass is 234 g/mol. The maximum Gasteiger partial charge on any atom is 0.254 e. The van der Waals surface area contributed by atoms with E-state index in [-0.39, 0.29) is 11.4 Å². The summed E-state index contributed by atoms with van der Waals surface area (Å²) in [6.45, 7) is 0. The van der Waals surface area contributed by atoms with Crippen molar-refractivity contribution in [3.63, 3.8) is 0 Å². The summed E-state index contributed by atoms with van der Waals surface area (Å²) >= 11 is 1.62. The first-order chi connectivity index (χ1) is 7.66. The average Bonchev–Trinajstić information content (AvgIpc) is 2.70. The highest BCUT2D eigenvalue weighted by Crippen LogP contribution is 2.14. The molecule has 0 atom stereocenters. The molecular weight excluding hydrogens is 224 g/mol. The molecule has 0 bridgehead atoms. The summed E-state index contributed by atoms with van der Waals surface area (Å²) in [5, 5.41) is 1.98. The molecule has 4 N–H and O–H groups in total. The summed E-state index contributed by atoms with van der Waals surface area (Å²) in [7, 11) is 0. The van der Waals surface area contributed by atoms with Crippen molar-refractivity contribution in [3.05, 3.63) is 40.0 Å². The summed E-state index contributed by atoms with van der Waals surface area (Å²) in [4.78, 5) is 20.2. The second-order valence-electron chi connectivity index (χ2n) is 3.21. The minimum atomic E-state index is -0.611. The van der Waals surface area contributed by atoms with E-state index in [1.807, 2.05) is 17.5 Å². The number of hydrogen-bond donors (Lipinski definition) is 2. The van der Waals surface area contributed by atoms with E-state index in [9.17, 15) is 4.79 Å². The van der Waals surface area contributed by atoms with Crippen molar-refractivity contribution in [1.29, 1.82) is 0 Å². The van der Waals surface area contributed by atoms with E-state index in [1.54, 1.807) is 11.3 Å². The summed E-state index contributed by atoms with van der Waals surface area (Å²) in [5.74, 6) is 0.110. The quantitative estimate of drug-likeness (QED) is 0.821. The largest absolute Gasteiger partial charge is 0.383 e. The van der Waals surface area contributed by atoms with Crippen LogP contribution in [0.4, 0.5) is 5.82 Å². The molecule has 2 aromatic rings. The van der Waals surface area contributed by atoms with Crippen LogP contribution in [0.2, 0.25) is 0 Å². The van der Waals surface area contributed by atoms with Crippen LogP contribution in [-0.2, 0) is 6.42 Å². The van der Waals surface area contributed by atoms with Crippen LogP contribution in [0.3, 0.4) is 0 Å². The zero-order chi connectivity index (χ0) is 11.5. The van der Waals surface area contributed by atoms with Crippen molar-refractivity contribution in [3.8, 4) is 0 Å². The third kappa shape index (κ3) is 2.17. The molecule has 0 saturated carbocycles. The zero-order valence-electron chi connectivity index (χ0n) is 8.38. The normalized spacial score (nSPS) is 10.2. The first-order valence-corrected chi connectivity index (χ1v) is 5.48. The lowest BCUT2D eigenvalue weighted by Gasteiger charge is -2.02. The van der Waals surface area contributed by atoms with Crippen molar-refractivity contribution in [2.24, 2.45) is 5.73 Å². The fourth-order valence-electron chi connectivity index (χ4n) is 1.28. The van der Waals surface area contributed by atoms with Gasteiger partial charge in [-0.3, -0.25) is 4.79 Å².